The number of thiophene rings is 1. The summed E-state index contributed by atoms with van der Waals surface area (Å²) < 4.78 is 34.8. The second-order valence-corrected chi connectivity index (χ2v) is 9.65. The molecule has 0 spiro atoms. The molecular weight excluding hydrogens is 374 g/mol. The van der Waals surface area contributed by atoms with Crippen LogP contribution in [0.2, 0.25) is 0 Å². The van der Waals surface area contributed by atoms with E-state index in [0.717, 1.165) is 18.4 Å². The molecule has 0 unspecified atom stereocenters. The Morgan fingerprint density at radius 1 is 1.31 bits per heavy atom. The van der Waals surface area contributed by atoms with Gasteiger partial charge in [0.25, 0.3) is 0 Å². The fourth-order valence-corrected chi connectivity index (χ4v) is 6.02. The third-order valence-electron chi connectivity index (χ3n) is 5.39. The van der Waals surface area contributed by atoms with E-state index in [1.807, 2.05) is 16.8 Å². The van der Waals surface area contributed by atoms with Gasteiger partial charge in [0.1, 0.15) is 4.90 Å². The summed E-state index contributed by atoms with van der Waals surface area (Å²) in [6, 6.07) is 2.20. The molecule has 1 N–H and O–H groups in total. The summed E-state index contributed by atoms with van der Waals surface area (Å²) in [5.74, 6) is -0.0449. The van der Waals surface area contributed by atoms with Crippen LogP contribution >= 0.6 is 11.3 Å². The van der Waals surface area contributed by atoms with Crippen LogP contribution in [0, 0.1) is 5.92 Å². The number of aliphatic hydroxyl groups is 1. The van der Waals surface area contributed by atoms with Crippen LogP contribution in [0.15, 0.2) is 34.1 Å². The van der Waals surface area contributed by atoms with Crippen LogP contribution in [0.5, 0.6) is 0 Å². The Balaban J connectivity index is 1.54. The fourth-order valence-electron chi connectivity index (χ4n) is 3.83. The molecule has 2 aliphatic heterocycles. The van der Waals surface area contributed by atoms with Crippen molar-refractivity contribution in [2.45, 2.75) is 29.7 Å². The Morgan fingerprint density at radius 3 is 2.81 bits per heavy atom. The van der Waals surface area contributed by atoms with E-state index in [9.17, 15) is 13.5 Å². The average Bonchev–Trinajstić information content (AvgIpc) is 3.42. The van der Waals surface area contributed by atoms with Gasteiger partial charge in [0.2, 0.25) is 10.0 Å². The van der Waals surface area contributed by atoms with Gasteiger partial charge < -0.3 is 9.84 Å². The molecule has 2 atom stereocenters. The Hall–Kier alpha value is -1.26. The highest BCUT2D eigenvalue weighted by Crippen LogP contribution is 2.36. The zero-order valence-electron chi connectivity index (χ0n) is 14.4. The molecule has 2 fully saturated rings. The van der Waals surface area contributed by atoms with Gasteiger partial charge in [-0.3, -0.25) is 4.68 Å². The lowest BCUT2D eigenvalue weighted by molar-refractivity contribution is 0.0662. The van der Waals surface area contributed by atoms with Crippen LogP contribution in [0.3, 0.4) is 0 Å². The zero-order valence-corrected chi connectivity index (χ0v) is 16.0. The molecule has 0 radical (unpaired) electrons. The zero-order chi connectivity index (χ0) is 18.1. The summed E-state index contributed by atoms with van der Waals surface area (Å²) in [6.07, 6.45) is 4.77. The molecule has 9 heteroatoms. The number of aliphatic hydroxyl groups excluding tert-OH is 1. The predicted molar refractivity (Wildman–Crippen MR) is 97.7 cm³/mol. The number of rotatable bonds is 5. The first-order valence-electron chi connectivity index (χ1n) is 8.84. The van der Waals surface area contributed by atoms with Gasteiger partial charge in [-0.05, 0) is 35.2 Å². The summed E-state index contributed by atoms with van der Waals surface area (Å²) in [6.45, 7) is 2.07. The lowest BCUT2D eigenvalue weighted by Crippen LogP contribution is -2.29. The second-order valence-electron chi connectivity index (χ2n) is 6.93. The largest absolute Gasteiger partial charge is 0.396 e. The second kappa shape index (κ2) is 7.40. The molecule has 2 saturated heterocycles. The van der Waals surface area contributed by atoms with Crippen molar-refractivity contribution in [2.24, 2.45) is 5.92 Å². The minimum absolute atomic E-state index is 0.0200. The molecule has 0 aliphatic carbocycles. The fraction of sp³-hybridized carbons (Fsp3) is 0.588. The molecule has 7 nitrogen and oxygen atoms in total. The number of hydrogen-bond donors (Lipinski definition) is 1. The molecule has 0 bridgehead atoms. The molecule has 4 heterocycles. The van der Waals surface area contributed by atoms with Crippen LogP contribution < -0.4 is 0 Å². The van der Waals surface area contributed by atoms with E-state index in [0.29, 0.717) is 26.3 Å². The normalized spacial score (nSPS) is 25.7. The Bertz CT molecular complexity index is 828. The van der Waals surface area contributed by atoms with Crippen molar-refractivity contribution in [2.75, 3.05) is 32.9 Å². The molecule has 26 heavy (non-hydrogen) atoms. The standard InChI is InChI=1S/C17H23N3O4S2/c21-11-14-8-19(10-17(14)13-3-6-25-12-13)26(22,23)16-7-18-20(9-16)15-1-4-24-5-2-15/h3,6-7,9,12,14-15,17,21H,1-2,4-5,8,10-11H2/t14-,17+/m0/s1. The Kier molecular flexibility index (Phi) is 5.15. The van der Waals surface area contributed by atoms with Gasteiger partial charge in [-0.25, -0.2) is 8.42 Å². The van der Waals surface area contributed by atoms with Gasteiger partial charge >= 0.3 is 0 Å². The van der Waals surface area contributed by atoms with Gasteiger partial charge in [-0.1, -0.05) is 0 Å². The molecule has 2 aliphatic rings. The molecule has 2 aromatic heterocycles. The molecule has 4 rings (SSSR count). The van der Waals surface area contributed by atoms with E-state index >= 15 is 0 Å². The summed E-state index contributed by atoms with van der Waals surface area (Å²) in [7, 11) is -3.61. The van der Waals surface area contributed by atoms with Crippen LogP contribution in [-0.4, -0.2) is 60.5 Å². The molecule has 0 amide bonds. The lowest BCUT2D eigenvalue weighted by atomic mass is 9.92. The van der Waals surface area contributed by atoms with Crippen molar-refractivity contribution in [1.29, 1.82) is 0 Å². The monoisotopic (exact) mass is 397 g/mol. The van der Waals surface area contributed by atoms with Crippen LogP contribution in [0.1, 0.15) is 30.4 Å². The van der Waals surface area contributed by atoms with Crippen LogP contribution in [0.4, 0.5) is 0 Å². The van der Waals surface area contributed by atoms with E-state index in [1.165, 1.54) is 10.5 Å². The quantitative estimate of drug-likeness (QED) is 0.830. The summed E-state index contributed by atoms with van der Waals surface area (Å²) >= 11 is 1.59. The third-order valence-corrected chi connectivity index (χ3v) is 7.88. The maximum absolute atomic E-state index is 13.1. The summed E-state index contributed by atoms with van der Waals surface area (Å²) in [4.78, 5) is 0.228. The van der Waals surface area contributed by atoms with Crippen LogP contribution in [-0.2, 0) is 14.8 Å². The topological polar surface area (TPSA) is 84.7 Å². The minimum Gasteiger partial charge on any atom is -0.396 e. The van der Waals surface area contributed by atoms with Gasteiger partial charge in [0.05, 0.1) is 12.2 Å². The van der Waals surface area contributed by atoms with E-state index in [2.05, 4.69) is 5.10 Å². The van der Waals surface area contributed by atoms with E-state index < -0.39 is 10.0 Å². The van der Waals surface area contributed by atoms with Crippen LogP contribution in [0.25, 0.3) is 0 Å². The average molecular weight is 398 g/mol. The molecule has 142 valence electrons. The molecule has 0 aromatic carbocycles. The van der Waals surface area contributed by atoms with Crippen molar-refractivity contribution < 1.29 is 18.3 Å². The van der Waals surface area contributed by atoms with Crippen molar-refractivity contribution in [1.82, 2.24) is 14.1 Å². The summed E-state index contributed by atoms with van der Waals surface area (Å²) in [5, 5.41) is 18.0. The first kappa shape index (κ1) is 18.1. The summed E-state index contributed by atoms with van der Waals surface area (Å²) in [5.41, 5.74) is 1.10. The Morgan fingerprint density at radius 2 is 2.12 bits per heavy atom. The third kappa shape index (κ3) is 3.34. The smallest absolute Gasteiger partial charge is 0.246 e. The van der Waals surface area contributed by atoms with E-state index in [-0.39, 0.29) is 29.4 Å². The highest BCUT2D eigenvalue weighted by atomic mass is 32.2. The lowest BCUT2D eigenvalue weighted by Gasteiger charge is -2.22. The van der Waals surface area contributed by atoms with Crippen molar-refractivity contribution in [3.63, 3.8) is 0 Å². The SMILES string of the molecule is O=S(=O)(c1cnn(C2CCOCC2)c1)N1C[C@@H](CO)[C@@H](c2ccsc2)C1. The van der Waals surface area contributed by atoms with E-state index in [1.54, 1.807) is 22.2 Å². The van der Waals surface area contributed by atoms with Crippen molar-refractivity contribution >= 4 is 21.4 Å². The highest BCUT2D eigenvalue weighted by molar-refractivity contribution is 7.89. The number of sulfonamides is 1. The highest BCUT2D eigenvalue weighted by Gasteiger charge is 2.40. The maximum atomic E-state index is 13.1. The van der Waals surface area contributed by atoms with E-state index in [4.69, 9.17) is 4.74 Å². The van der Waals surface area contributed by atoms with Gasteiger partial charge in [-0.2, -0.15) is 20.7 Å². The first-order valence-corrected chi connectivity index (χ1v) is 11.2. The Labute approximate surface area is 157 Å². The number of hydrogen-bond acceptors (Lipinski definition) is 6. The van der Waals surface area contributed by atoms with Crippen molar-refractivity contribution in [3.05, 3.63) is 34.8 Å². The van der Waals surface area contributed by atoms with Gasteiger partial charge in [0, 0.05) is 50.9 Å². The van der Waals surface area contributed by atoms with Crippen molar-refractivity contribution in [3.8, 4) is 0 Å². The number of ether oxygens (including phenoxy) is 1. The first-order chi connectivity index (χ1) is 12.6. The number of nitrogens with zero attached hydrogens (tertiary/aromatic N) is 3. The maximum Gasteiger partial charge on any atom is 0.246 e. The number of aromatic nitrogens is 2. The van der Waals surface area contributed by atoms with Gasteiger partial charge in [-0.15, -0.1) is 0 Å². The predicted octanol–water partition coefficient (Wildman–Crippen LogP) is 1.69. The molecular formula is C17H23N3O4S2. The minimum atomic E-state index is -3.61. The molecule has 0 saturated carbocycles. The van der Waals surface area contributed by atoms with Gasteiger partial charge in [0.15, 0.2) is 0 Å². The molecule has 2 aromatic rings.